The van der Waals surface area contributed by atoms with Gasteiger partial charge < -0.3 is 10.3 Å². The molecule has 5 heteroatoms. The maximum absolute atomic E-state index is 13.9. The summed E-state index contributed by atoms with van der Waals surface area (Å²) in [4.78, 5) is 15.0. The Hall–Kier alpha value is -2.43. The number of fused-ring (bicyclic) bond motifs is 1. The van der Waals surface area contributed by atoms with E-state index in [4.69, 9.17) is 0 Å². The molecule has 2 heterocycles. The fourth-order valence-corrected chi connectivity index (χ4v) is 2.40. The van der Waals surface area contributed by atoms with E-state index in [1.165, 1.54) is 6.07 Å². The van der Waals surface area contributed by atoms with Crippen molar-refractivity contribution in [3.8, 4) is 0 Å². The van der Waals surface area contributed by atoms with Gasteiger partial charge in [0, 0.05) is 17.0 Å². The number of rotatable bonds is 1. The summed E-state index contributed by atoms with van der Waals surface area (Å²) >= 11 is 0. The van der Waals surface area contributed by atoms with Crippen LogP contribution in [-0.4, -0.2) is 10.9 Å². The molecule has 1 aromatic carbocycles. The SMILES string of the molecule is Cc1cc(C)c(/C=C2\C(=O)Nc3ccc(F)c(F)c32)[nH]1. The molecular formula is C15H12F2N2O. The number of anilines is 1. The molecule has 0 saturated heterocycles. The van der Waals surface area contributed by atoms with Crippen molar-refractivity contribution in [1.82, 2.24) is 4.98 Å². The zero-order chi connectivity index (χ0) is 14.4. The minimum Gasteiger partial charge on any atom is -0.359 e. The number of carbonyl (C=O) groups is 1. The van der Waals surface area contributed by atoms with Gasteiger partial charge in [0.2, 0.25) is 0 Å². The Morgan fingerprint density at radius 1 is 1.20 bits per heavy atom. The highest BCUT2D eigenvalue weighted by molar-refractivity contribution is 6.34. The summed E-state index contributed by atoms with van der Waals surface area (Å²) < 4.78 is 27.3. The van der Waals surface area contributed by atoms with Crippen molar-refractivity contribution in [3.05, 3.63) is 52.3 Å². The van der Waals surface area contributed by atoms with Crippen LogP contribution in [0.1, 0.15) is 22.5 Å². The van der Waals surface area contributed by atoms with Gasteiger partial charge in [-0.3, -0.25) is 4.79 Å². The van der Waals surface area contributed by atoms with Crippen molar-refractivity contribution in [2.45, 2.75) is 13.8 Å². The molecule has 3 nitrogen and oxygen atoms in total. The Bertz CT molecular complexity index is 759. The van der Waals surface area contributed by atoms with Gasteiger partial charge in [0.25, 0.3) is 5.91 Å². The van der Waals surface area contributed by atoms with Crippen LogP contribution in [0, 0.1) is 25.5 Å². The Balaban J connectivity index is 2.20. The van der Waals surface area contributed by atoms with Gasteiger partial charge in [-0.2, -0.15) is 0 Å². The number of benzene rings is 1. The van der Waals surface area contributed by atoms with Crippen molar-refractivity contribution >= 4 is 23.2 Å². The molecule has 3 rings (SSSR count). The first-order chi connectivity index (χ1) is 9.47. The van der Waals surface area contributed by atoms with E-state index in [-0.39, 0.29) is 11.1 Å². The first-order valence-corrected chi connectivity index (χ1v) is 6.15. The van der Waals surface area contributed by atoms with E-state index < -0.39 is 17.5 Å². The first kappa shape index (κ1) is 12.6. The fraction of sp³-hybridized carbons (Fsp3) is 0.133. The third kappa shape index (κ3) is 1.82. The van der Waals surface area contributed by atoms with Gasteiger partial charge in [-0.25, -0.2) is 8.78 Å². The predicted molar refractivity (Wildman–Crippen MR) is 73.1 cm³/mol. The summed E-state index contributed by atoms with van der Waals surface area (Å²) in [7, 11) is 0. The Morgan fingerprint density at radius 2 is 1.95 bits per heavy atom. The molecule has 1 aliphatic heterocycles. The number of aromatic nitrogens is 1. The van der Waals surface area contributed by atoms with Crippen molar-refractivity contribution in [1.29, 1.82) is 0 Å². The highest BCUT2D eigenvalue weighted by atomic mass is 19.2. The predicted octanol–water partition coefficient (Wildman–Crippen LogP) is 3.40. The molecule has 2 N–H and O–H groups in total. The van der Waals surface area contributed by atoms with Gasteiger partial charge in [0.1, 0.15) is 0 Å². The number of hydrogen-bond donors (Lipinski definition) is 2. The summed E-state index contributed by atoms with van der Waals surface area (Å²) in [6.45, 7) is 3.77. The maximum atomic E-state index is 13.9. The number of hydrogen-bond acceptors (Lipinski definition) is 1. The number of amides is 1. The van der Waals surface area contributed by atoms with Gasteiger partial charge in [0.05, 0.1) is 11.3 Å². The number of H-pyrrole nitrogens is 1. The second-order valence-corrected chi connectivity index (χ2v) is 4.85. The van der Waals surface area contributed by atoms with Gasteiger partial charge in [-0.05, 0) is 43.7 Å². The van der Waals surface area contributed by atoms with Crippen molar-refractivity contribution in [2.75, 3.05) is 5.32 Å². The monoisotopic (exact) mass is 274 g/mol. The largest absolute Gasteiger partial charge is 0.359 e. The second-order valence-electron chi connectivity index (χ2n) is 4.85. The minimum atomic E-state index is -1.01. The van der Waals surface area contributed by atoms with Crippen LogP contribution in [0.5, 0.6) is 0 Å². The summed E-state index contributed by atoms with van der Waals surface area (Å²) in [5.74, 6) is -2.41. The standard InChI is InChI=1S/C15H12F2N2O/c1-7-5-8(2)18-12(7)6-9-13-11(19-15(9)20)4-3-10(16)14(13)17/h3-6,18H,1-2H3,(H,19,20)/b9-6-. The summed E-state index contributed by atoms with van der Waals surface area (Å²) in [6.07, 6.45) is 1.55. The van der Waals surface area contributed by atoms with Gasteiger partial charge in [0.15, 0.2) is 11.6 Å². The lowest BCUT2D eigenvalue weighted by atomic mass is 10.0. The molecule has 0 aliphatic carbocycles. The highest BCUT2D eigenvalue weighted by Gasteiger charge is 2.29. The number of nitrogens with one attached hydrogen (secondary N) is 2. The Labute approximate surface area is 114 Å². The van der Waals surface area contributed by atoms with E-state index in [9.17, 15) is 13.6 Å². The molecule has 0 atom stereocenters. The summed E-state index contributed by atoms with van der Waals surface area (Å²) in [6, 6.07) is 4.28. The van der Waals surface area contributed by atoms with Crippen LogP contribution in [0.2, 0.25) is 0 Å². The molecule has 0 unspecified atom stereocenters. The molecule has 0 saturated carbocycles. The second kappa shape index (κ2) is 4.30. The van der Waals surface area contributed by atoms with Crippen LogP contribution in [-0.2, 0) is 4.79 Å². The van der Waals surface area contributed by atoms with Crippen molar-refractivity contribution in [2.24, 2.45) is 0 Å². The molecule has 0 bridgehead atoms. The van der Waals surface area contributed by atoms with Crippen LogP contribution in [0.25, 0.3) is 11.6 Å². The molecule has 0 fully saturated rings. The lowest BCUT2D eigenvalue weighted by Crippen LogP contribution is -2.03. The molecular weight excluding hydrogens is 262 g/mol. The van der Waals surface area contributed by atoms with Crippen LogP contribution in [0.4, 0.5) is 14.5 Å². The van der Waals surface area contributed by atoms with Crippen LogP contribution >= 0.6 is 0 Å². The smallest absolute Gasteiger partial charge is 0.256 e. The van der Waals surface area contributed by atoms with Crippen LogP contribution < -0.4 is 5.32 Å². The van der Waals surface area contributed by atoms with Gasteiger partial charge in [-0.15, -0.1) is 0 Å². The molecule has 0 radical (unpaired) electrons. The zero-order valence-electron chi connectivity index (χ0n) is 11.0. The number of halogens is 2. The van der Waals surface area contributed by atoms with Gasteiger partial charge >= 0.3 is 0 Å². The third-order valence-corrected chi connectivity index (χ3v) is 3.34. The quantitative estimate of drug-likeness (QED) is 0.769. The first-order valence-electron chi connectivity index (χ1n) is 6.15. The van der Waals surface area contributed by atoms with E-state index >= 15 is 0 Å². The average molecular weight is 274 g/mol. The number of aryl methyl sites for hydroxylation is 2. The molecule has 102 valence electrons. The molecule has 0 spiro atoms. The highest BCUT2D eigenvalue weighted by Crippen LogP contribution is 2.36. The van der Waals surface area contributed by atoms with Crippen LogP contribution in [0.15, 0.2) is 18.2 Å². The normalized spacial score (nSPS) is 15.6. The topological polar surface area (TPSA) is 44.9 Å². The van der Waals surface area contributed by atoms with Crippen molar-refractivity contribution < 1.29 is 13.6 Å². The molecule has 20 heavy (non-hydrogen) atoms. The van der Waals surface area contributed by atoms with E-state index in [0.29, 0.717) is 11.4 Å². The van der Waals surface area contributed by atoms with E-state index in [0.717, 1.165) is 17.3 Å². The van der Waals surface area contributed by atoms with Crippen molar-refractivity contribution in [3.63, 3.8) is 0 Å². The maximum Gasteiger partial charge on any atom is 0.256 e. The molecule has 1 aromatic heterocycles. The molecule has 2 aromatic rings. The minimum absolute atomic E-state index is 0.0124. The number of aromatic amines is 1. The zero-order valence-corrected chi connectivity index (χ0v) is 11.0. The third-order valence-electron chi connectivity index (χ3n) is 3.34. The van der Waals surface area contributed by atoms with E-state index in [1.807, 2.05) is 19.9 Å². The van der Waals surface area contributed by atoms with E-state index in [2.05, 4.69) is 10.3 Å². The van der Waals surface area contributed by atoms with Gasteiger partial charge in [-0.1, -0.05) is 0 Å². The Kier molecular flexibility index (Phi) is 2.71. The molecule has 1 aliphatic rings. The lowest BCUT2D eigenvalue weighted by Gasteiger charge is -2.01. The molecule has 1 amide bonds. The summed E-state index contributed by atoms with van der Waals surface area (Å²) in [5, 5.41) is 2.53. The van der Waals surface area contributed by atoms with Crippen LogP contribution in [0.3, 0.4) is 0 Å². The lowest BCUT2D eigenvalue weighted by molar-refractivity contribution is -0.110. The summed E-state index contributed by atoms with van der Waals surface area (Å²) in [5.41, 5.74) is 2.99. The van der Waals surface area contributed by atoms with E-state index in [1.54, 1.807) is 6.08 Å². The fourth-order valence-electron chi connectivity index (χ4n) is 2.40. The average Bonchev–Trinajstić information content (AvgIpc) is 2.86. The number of carbonyl (C=O) groups excluding carboxylic acids is 1. The Morgan fingerprint density at radius 3 is 2.60 bits per heavy atom.